The molecule has 0 amide bonds. The average Bonchev–Trinajstić information content (AvgIpc) is 2.59. The monoisotopic (exact) mass is 362 g/mol. The fourth-order valence-electron chi connectivity index (χ4n) is 2.87. The van der Waals surface area contributed by atoms with Crippen LogP contribution in [0.2, 0.25) is 0 Å². The molecule has 0 fully saturated rings. The predicted octanol–water partition coefficient (Wildman–Crippen LogP) is 3.07. The minimum Gasteiger partial charge on any atom is -0.316 e. The lowest BCUT2D eigenvalue weighted by molar-refractivity contribution is 0.214. The number of aromatic amines is 1. The van der Waals surface area contributed by atoms with Gasteiger partial charge in [-0.1, -0.05) is 30.3 Å². The van der Waals surface area contributed by atoms with Crippen LogP contribution >= 0.6 is 7.60 Å². The Morgan fingerprint density at radius 2 is 1.72 bits per heavy atom. The van der Waals surface area contributed by atoms with E-state index < -0.39 is 18.7 Å². The summed E-state index contributed by atoms with van der Waals surface area (Å²) in [5, 5.41) is 1.67. The zero-order chi connectivity index (χ0) is 18.0. The Bertz CT molecular complexity index is 1080. The molecule has 0 saturated carbocycles. The van der Waals surface area contributed by atoms with Gasteiger partial charge in [-0.3, -0.25) is 18.7 Å². The Balaban J connectivity index is 2.34. The van der Waals surface area contributed by atoms with E-state index in [1.807, 2.05) is 30.3 Å². The van der Waals surface area contributed by atoms with E-state index >= 15 is 0 Å². The third kappa shape index (κ3) is 3.31. The summed E-state index contributed by atoms with van der Waals surface area (Å²) < 4.78 is 24.7. The molecule has 1 aromatic heterocycles. The van der Waals surface area contributed by atoms with Crippen molar-refractivity contribution in [1.82, 2.24) is 9.55 Å². The number of H-pyrrole nitrogens is 1. The molecule has 132 valence electrons. The Morgan fingerprint density at radius 1 is 1.04 bits per heavy atom. The highest BCUT2D eigenvalue weighted by Gasteiger charge is 2.27. The van der Waals surface area contributed by atoms with Crippen molar-refractivity contribution in [2.45, 2.75) is 20.1 Å². The van der Waals surface area contributed by atoms with Crippen LogP contribution in [0.4, 0.5) is 0 Å². The number of benzene rings is 2. The van der Waals surface area contributed by atoms with Crippen molar-refractivity contribution in [2.75, 3.05) is 13.2 Å². The van der Waals surface area contributed by atoms with Gasteiger partial charge >= 0.3 is 18.7 Å². The maximum Gasteiger partial charge on any atom is 0.350 e. The lowest BCUT2D eigenvalue weighted by Crippen LogP contribution is -2.36. The van der Waals surface area contributed by atoms with Gasteiger partial charge in [0.15, 0.2) is 0 Å². The first-order chi connectivity index (χ1) is 12.0. The van der Waals surface area contributed by atoms with Gasteiger partial charge in [-0.2, -0.15) is 0 Å². The largest absolute Gasteiger partial charge is 0.350 e. The smallest absolute Gasteiger partial charge is 0.316 e. The zero-order valence-electron chi connectivity index (χ0n) is 14.0. The first-order valence-electron chi connectivity index (χ1n) is 8.02. The first-order valence-corrected chi connectivity index (χ1v) is 9.74. The number of fused-ring (bicyclic) bond motifs is 3. The second-order valence-electron chi connectivity index (χ2n) is 5.46. The molecule has 0 aliphatic carbocycles. The third-order valence-electron chi connectivity index (χ3n) is 3.82. The second kappa shape index (κ2) is 6.96. The Hall–Kier alpha value is -2.21. The van der Waals surface area contributed by atoms with Crippen LogP contribution in [0.25, 0.3) is 21.8 Å². The molecule has 0 aliphatic heterocycles. The van der Waals surface area contributed by atoms with E-state index in [4.69, 9.17) is 9.05 Å². The third-order valence-corrected chi connectivity index (χ3v) is 5.76. The summed E-state index contributed by atoms with van der Waals surface area (Å²) in [5.41, 5.74) is -0.573. The van der Waals surface area contributed by atoms with Gasteiger partial charge in [-0.15, -0.1) is 0 Å². The lowest BCUT2D eigenvalue weighted by Gasteiger charge is -2.19. The van der Waals surface area contributed by atoms with Crippen LogP contribution in [0, 0.1) is 0 Å². The molecule has 25 heavy (non-hydrogen) atoms. The quantitative estimate of drug-likeness (QED) is 0.413. The summed E-state index contributed by atoms with van der Waals surface area (Å²) in [7, 11) is -3.56. The molecular weight excluding hydrogens is 343 g/mol. The van der Waals surface area contributed by atoms with Crippen LogP contribution in [-0.2, 0) is 19.9 Å². The van der Waals surface area contributed by atoms with Crippen LogP contribution < -0.4 is 11.1 Å². The fourth-order valence-corrected chi connectivity index (χ4v) is 4.51. The first kappa shape index (κ1) is 17.6. The van der Waals surface area contributed by atoms with Crippen molar-refractivity contribution in [3.8, 4) is 0 Å². The minimum atomic E-state index is -3.56. The second-order valence-corrected chi connectivity index (χ2v) is 7.48. The molecule has 2 aromatic carbocycles. The molecule has 0 bridgehead atoms. The minimum absolute atomic E-state index is 0.175. The standard InChI is InChI=1S/C17H19N2O5P/c1-3-23-25(22,24-4-2)11-19-15-13-8-6-5-7-12(13)9-10-14(15)18-16(20)17(19)21/h5-10H,3-4,11H2,1-2H3,(H,18,20). The van der Waals surface area contributed by atoms with Gasteiger partial charge in [0.1, 0.15) is 6.29 Å². The topological polar surface area (TPSA) is 90.4 Å². The van der Waals surface area contributed by atoms with Crippen LogP contribution in [-0.4, -0.2) is 22.8 Å². The highest BCUT2D eigenvalue weighted by atomic mass is 31.2. The predicted molar refractivity (Wildman–Crippen MR) is 97.2 cm³/mol. The van der Waals surface area contributed by atoms with Gasteiger partial charge in [0.05, 0.1) is 24.2 Å². The van der Waals surface area contributed by atoms with Crippen LogP contribution in [0.1, 0.15) is 13.8 Å². The molecule has 3 aromatic rings. The van der Waals surface area contributed by atoms with E-state index in [0.29, 0.717) is 11.0 Å². The maximum atomic E-state index is 12.9. The molecule has 0 radical (unpaired) electrons. The fraction of sp³-hybridized carbons (Fsp3) is 0.294. The molecule has 0 atom stereocenters. The Kier molecular flexibility index (Phi) is 4.90. The highest BCUT2D eigenvalue weighted by Crippen LogP contribution is 2.49. The summed E-state index contributed by atoms with van der Waals surface area (Å²) in [6.07, 6.45) is -0.318. The number of rotatable bonds is 6. The van der Waals surface area contributed by atoms with E-state index in [2.05, 4.69) is 4.98 Å². The van der Waals surface area contributed by atoms with Crippen LogP contribution in [0.3, 0.4) is 0 Å². The van der Waals surface area contributed by atoms with Gasteiger partial charge in [-0.05, 0) is 25.3 Å². The van der Waals surface area contributed by atoms with Gasteiger partial charge in [0.2, 0.25) is 0 Å². The Morgan fingerprint density at radius 3 is 2.40 bits per heavy atom. The number of aromatic nitrogens is 2. The SMILES string of the molecule is CCOP(=O)(Cn1c(=O)c(=O)[nH]c2ccc3ccccc3c21)OCC. The van der Waals surface area contributed by atoms with Crippen molar-refractivity contribution >= 4 is 29.4 Å². The highest BCUT2D eigenvalue weighted by molar-refractivity contribution is 7.52. The molecule has 7 nitrogen and oxygen atoms in total. The average molecular weight is 362 g/mol. The van der Waals surface area contributed by atoms with E-state index in [1.165, 1.54) is 4.57 Å². The Labute approximate surface area is 143 Å². The van der Waals surface area contributed by atoms with Crippen molar-refractivity contribution in [3.05, 3.63) is 57.1 Å². The molecule has 3 rings (SSSR count). The van der Waals surface area contributed by atoms with Gasteiger partial charge in [0, 0.05) is 5.39 Å². The zero-order valence-corrected chi connectivity index (χ0v) is 14.9. The van der Waals surface area contributed by atoms with E-state index in [9.17, 15) is 14.2 Å². The lowest BCUT2D eigenvalue weighted by atomic mass is 10.1. The summed E-state index contributed by atoms with van der Waals surface area (Å²) in [4.78, 5) is 27.1. The van der Waals surface area contributed by atoms with Crippen LogP contribution in [0.5, 0.6) is 0 Å². The molecule has 0 spiro atoms. The molecular formula is C17H19N2O5P. The number of hydrogen-bond acceptors (Lipinski definition) is 5. The number of hydrogen-bond donors (Lipinski definition) is 1. The molecule has 0 saturated heterocycles. The van der Waals surface area contributed by atoms with Crippen molar-refractivity contribution in [3.63, 3.8) is 0 Å². The summed E-state index contributed by atoms with van der Waals surface area (Å²) in [6.45, 7) is 3.74. The van der Waals surface area contributed by atoms with Crippen molar-refractivity contribution in [1.29, 1.82) is 0 Å². The van der Waals surface area contributed by atoms with Crippen LogP contribution in [0.15, 0.2) is 46.0 Å². The van der Waals surface area contributed by atoms with Gasteiger partial charge < -0.3 is 14.0 Å². The van der Waals surface area contributed by atoms with Crippen molar-refractivity contribution in [2.24, 2.45) is 0 Å². The maximum absolute atomic E-state index is 12.9. The number of nitrogens with one attached hydrogen (secondary N) is 1. The molecule has 1 heterocycles. The van der Waals surface area contributed by atoms with E-state index in [1.54, 1.807) is 19.9 Å². The normalized spacial score (nSPS) is 12.1. The van der Waals surface area contributed by atoms with E-state index in [0.717, 1.165) is 10.8 Å². The molecule has 0 aliphatic rings. The molecule has 0 unspecified atom stereocenters. The van der Waals surface area contributed by atoms with Gasteiger partial charge in [0.25, 0.3) is 0 Å². The molecule has 8 heteroatoms. The van der Waals surface area contributed by atoms with Crippen molar-refractivity contribution < 1.29 is 13.6 Å². The summed E-state index contributed by atoms with van der Waals surface area (Å²) in [6, 6.07) is 11.0. The van der Waals surface area contributed by atoms with Gasteiger partial charge in [-0.25, -0.2) is 0 Å². The van der Waals surface area contributed by atoms with E-state index in [-0.39, 0.29) is 19.5 Å². The summed E-state index contributed by atoms with van der Waals surface area (Å²) >= 11 is 0. The number of nitrogens with zero attached hydrogens (tertiary/aromatic N) is 1. The molecule has 1 N–H and O–H groups in total. The summed E-state index contributed by atoms with van der Waals surface area (Å²) in [5.74, 6) is 0.